The molecule has 1 heterocycles. The van der Waals surface area contributed by atoms with Gasteiger partial charge in [-0.25, -0.2) is 9.97 Å². The van der Waals surface area contributed by atoms with Gasteiger partial charge in [0.05, 0.1) is 11.4 Å². The molecule has 1 aromatic heterocycles. The van der Waals surface area contributed by atoms with Gasteiger partial charge in [0.15, 0.2) is 5.82 Å². The zero-order valence-electron chi connectivity index (χ0n) is 17.2. The van der Waals surface area contributed by atoms with Gasteiger partial charge in [0.2, 0.25) is 0 Å². The maximum atomic E-state index is 5.89. The summed E-state index contributed by atoms with van der Waals surface area (Å²) in [4.78, 5) is 9.83. The molecule has 0 spiro atoms. The van der Waals surface area contributed by atoms with Gasteiger partial charge in [0.25, 0.3) is 0 Å². The molecule has 3 nitrogen and oxygen atoms in total. The van der Waals surface area contributed by atoms with E-state index in [9.17, 15) is 0 Å². The monoisotopic (exact) mass is 401 g/mol. The van der Waals surface area contributed by atoms with E-state index in [1.54, 1.807) is 0 Å². The summed E-state index contributed by atoms with van der Waals surface area (Å²) in [5, 5.41) is 0. The number of hydrogen-bond donors (Lipinski definition) is 1. The lowest BCUT2D eigenvalue weighted by molar-refractivity contribution is 1.01. The van der Waals surface area contributed by atoms with E-state index in [-0.39, 0.29) is 0 Å². The molecule has 0 bridgehead atoms. The lowest BCUT2D eigenvalue weighted by atomic mass is 10.0. The summed E-state index contributed by atoms with van der Waals surface area (Å²) in [6.45, 7) is 0. The van der Waals surface area contributed by atoms with Crippen molar-refractivity contribution in [2.75, 3.05) is 5.73 Å². The van der Waals surface area contributed by atoms with Crippen LogP contribution in [0.1, 0.15) is 18.7 Å². The third kappa shape index (κ3) is 4.17. The van der Waals surface area contributed by atoms with Gasteiger partial charge in [0.1, 0.15) is 0 Å². The van der Waals surface area contributed by atoms with E-state index in [2.05, 4.69) is 72.8 Å². The molecule has 3 aromatic carbocycles. The molecule has 0 radical (unpaired) electrons. The van der Waals surface area contributed by atoms with Gasteiger partial charge >= 0.3 is 0 Å². The van der Waals surface area contributed by atoms with Crippen LogP contribution in [-0.2, 0) is 0 Å². The molecule has 0 unspecified atom stereocenters. The average molecular weight is 402 g/mol. The number of nitrogens with two attached hydrogens (primary N) is 1. The second-order valence-corrected chi connectivity index (χ2v) is 7.69. The first-order valence-electron chi connectivity index (χ1n) is 10.5. The quantitative estimate of drug-likeness (QED) is 0.383. The second kappa shape index (κ2) is 8.41. The van der Waals surface area contributed by atoms with Crippen molar-refractivity contribution in [3.63, 3.8) is 0 Å². The minimum Gasteiger partial charge on any atom is -0.399 e. The lowest BCUT2D eigenvalue weighted by Crippen LogP contribution is -2.00. The lowest BCUT2D eigenvalue weighted by Gasteiger charge is -2.13. The first-order valence-corrected chi connectivity index (χ1v) is 10.5. The summed E-state index contributed by atoms with van der Waals surface area (Å²) in [7, 11) is 0. The molecule has 0 saturated heterocycles. The van der Waals surface area contributed by atoms with E-state index < -0.39 is 0 Å². The van der Waals surface area contributed by atoms with Crippen LogP contribution < -0.4 is 5.73 Å². The molecule has 0 fully saturated rings. The highest BCUT2D eigenvalue weighted by Gasteiger charge is 2.13. The number of rotatable bonds is 4. The van der Waals surface area contributed by atoms with Crippen LogP contribution in [0.15, 0.2) is 103 Å². The first kappa shape index (κ1) is 19.0. The van der Waals surface area contributed by atoms with Crippen molar-refractivity contribution in [1.82, 2.24) is 9.97 Å². The van der Waals surface area contributed by atoms with Crippen molar-refractivity contribution in [1.29, 1.82) is 0 Å². The van der Waals surface area contributed by atoms with Crippen molar-refractivity contribution in [3.8, 4) is 33.6 Å². The number of nitrogen functional groups attached to an aromatic ring is 1. The molecular weight excluding hydrogens is 378 g/mol. The molecule has 150 valence electrons. The van der Waals surface area contributed by atoms with Crippen LogP contribution in [0.3, 0.4) is 0 Å². The summed E-state index contributed by atoms with van der Waals surface area (Å²) >= 11 is 0. The number of hydrogen-bond acceptors (Lipinski definition) is 3. The zero-order chi connectivity index (χ0) is 21.0. The Balaban J connectivity index is 1.58. The third-order valence-corrected chi connectivity index (χ3v) is 5.52. The number of allylic oxidation sites excluding steroid dienone is 4. The molecule has 0 atom stereocenters. The van der Waals surface area contributed by atoms with E-state index in [1.807, 2.05) is 30.3 Å². The molecule has 1 aliphatic carbocycles. The highest BCUT2D eigenvalue weighted by Crippen LogP contribution is 2.30. The Kier molecular flexibility index (Phi) is 5.16. The summed E-state index contributed by atoms with van der Waals surface area (Å²) in [5.74, 6) is 0.792. The van der Waals surface area contributed by atoms with Crippen molar-refractivity contribution < 1.29 is 0 Å². The Morgan fingerprint density at radius 1 is 0.645 bits per heavy atom. The van der Waals surface area contributed by atoms with Crippen molar-refractivity contribution in [2.45, 2.75) is 12.8 Å². The van der Waals surface area contributed by atoms with Gasteiger partial charge in [-0.1, -0.05) is 85.0 Å². The number of anilines is 1. The van der Waals surface area contributed by atoms with E-state index in [0.717, 1.165) is 46.9 Å². The maximum Gasteiger partial charge on any atom is 0.156 e. The molecule has 1 aliphatic rings. The normalized spacial score (nSPS) is 13.1. The van der Waals surface area contributed by atoms with Crippen LogP contribution in [0.25, 0.3) is 39.2 Å². The fourth-order valence-corrected chi connectivity index (χ4v) is 3.79. The zero-order valence-corrected chi connectivity index (χ0v) is 17.2. The van der Waals surface area contributed by atoms with Crippen molar-refractivity contribution >= 4 is 11.3 Å². The van der Waals surface area contributed by atoms with E-state index in [0.29, 0.717) is 0 Å². The standard InChI is InChI=1S/C28H23N3/c29-25-17-15-23(16-18-25)27-19-26(30-28(31-27)24-9-5-2-6-10-24)22-13-11-21(12-14-22)20-7-3-1-4-8-20/h1-5,7-9,11-19H,6,10,29H2. The molecule has 0 aliphatic heterocycles. The average Bonchev–Trinajstić information content (AvgIpc) is 2.85. The fourth-order valence-electron chi connectivity index (χ4n) is 3.79. The smallest absolute Gasteiger partial charge is 0.156 e. The minimum absolute atomic E-state index is 0.745. The highest BCUT2D eigenvalue weighted by atomic mass is 14.9. The van der Waals surface area contributed by atoms with Crippen LogP contribution in [0, 0.1) is 0 Å². The summed E-state index contributed by atoms with van der Waals surface area (Å²) in [6, 6.07) is 28.9. The summed E-state index contributed by atoms with van der Waals surface area (Å²) in [6.07, 6.45) is 8.35. The van der Waals surface area contributed by atoms with Gasteiger partial charge in [-0.2, -0.15) is 0 Å². The van der Waals surface area contributed by atoms with Gasteiger partial charge in [-0.05, 0) is 47.7 Å². The van der Waals surface area contributed by atoms with Crippen LogP contribution in [-0.4, -0.2) is 9.97 Å². The Bertz CT molecular complexity index is 1250. The van der Waals surface area contributed by atoms with Crippen LogP contribution in [0.2, 0.25) is 0 Å². The second-order valence-electron chi connectivity index (χ2n) is 7.69. The first-order chi connectivity index (χ1) is 15.3. The van der Waals surface area contributed by atoms with Crippen molar-refractivity contribution in [3.05, 3.63) is 109 Å². The molecule has 0 saturated carbocycles. The fraction of sp³-hybridized carbons (Fsp3) is 0.0714. The van der Waals surface area contributed by atoms with Crippen LogP contribution in [0.5, 0.6) is 0 Å². The van der Waals surface area contributed by atoms with Gasteiger partial charge in [0, 0.05) is 16.8 Å². The molecule has 2 N–H and O–H groups in total. The number of nitrogens with zero attached hydrogens (tertiary/aromatic N) is 2. The van der Waals surface area contributed by atoms with Gasteiger partial charge in [-0.15, -0.1) is 0 Å². The molecule has 3 heteroatoms. The maximum absolute atomic E-state index is 5.89. The Hall–Kier alpha value is -3.98. The largest absolute Gasteiger partial charge is 0.399 e. The molecule has 5 rings (SSSR count). The topological polar surface area (TPSA) is 51.8 Å². The van der Waals surface area contributed by atoms with Crippen LogP contribution >= 0.6 is 0 Å². The molecular formula is C28H23N3. The van der Waals surface area contributed by atoms with Crippen LogP contribution in [0.4, 0.5) is 5.69 Å². The molecule has 31 heavy (non-hydrogen) atoms. The van der Waals surface area contributed by atoms with E-state index in [1.165, 1.54) is 16.7 Å². The Morgan fingerprint density at radius 3 is 1.84 bits per heavy atom. The highest BCUT2D eigenvalue weighted by molar-refractivity contribution is 5.74. The molecule has 4 aromatic rings. The molecule has 0 amide bonds. The minimum atomic E-state index is 0.745. The van der Waals surface area contributed by atoms with Gasteiger partial charge in [-0.3, -0.25) is 0 Å². The Morgan fingerprint density at radius 2 is 1.23 bits per heavy atom. The Labute approximate surface area is 182 Å². The van der Waals surface area contributed by atoms with E-state index >= 15 is 0 Å². The number of aromatic nitrogens is 2. The predicted octanol–water partition coefficient (Wildman–Crippen LogP) is 6.79. The summed E-state index contributed by atoms with van der Waals surface area (Å²) in [5.41, 5.74) is 14.1. The van der Waals surface area contributed by atoms with E-state index in [4.69, 9.17) is 15.7 Å². The third-order valence-electron chi connectivity index (χ3n) is 5.52. The number of benzene rings is 3. The van der Waals surface area contributed by atoms with Gasteiger partial charge < -0.3 is 5.73 Å². The summed E-state index contributed by atoms with van der Waals surface area (Å²) < 4.78 is 0. The van der Waals surface area contributed by atoms with Crippen molar-refractivity contribution in [2.24, 2.45) is 0 Å². The SMILES string of the molecule is Nc1ccc(-c2cc(-c3ccc(-c4ccccc4)cc3)nc(C3=CC=CCC3)n2)cc1. The predicted molar refractivity (Wildman–Crippen MR) is 129 cm³/mol.